The second kappa shape index (κ2) is 7.69. The molecule has 1 aromatic carbocycles. The molecule has 3 rings (SSSR count). The first-order valence-electron chi connectivity index (χ1n) is 7.67. The number of anilines is 1. The Balaban J connectivity index is 1.55. The largest absolute Gasteiger partial charge is 0.467 e. The summed E-state index contributed by atoms with van der Waals surface area (Å²) in [5, 5.41) is 2.73. The van der Waals surface area contributed by atoms with Crippen molar-refractivity contribution in [1.29, 1.82) is 0 Å². The topological polar surface area (TPSA) is 62.6 Å². The first-order chi connectivity index (χ1) is 12.0. The molecular formula is C17H16F2N2O3S. The van der Waals surface area contributed by atoms with Crippen LogP contribution in [0, 0.1) is 5.92 Å². The van der Waals surface area contributed by atoms with Crippen LogP contribution in [0.25, 0.3) is 0 Å². The van der Waals surface area contributed by atoms with Crippen molar-refractivity contribution in [3.8, 4) is 0 Å². The molecule has 25 heavy (non-hydrogen) atoms. The van der Waals surface area contributed by atoms with Crippen molar-refractivity contribution in [3.05, 3.63) is 48.4 Å². The van der Waals surface area contributed by atoms with Crippen LogP contribution in [0.1, 0.15) is 12.2 Å². The van der Waals surface area contributed by atoms with E-state index in [1.165, 1.54) is 18.4 Å². The van der Waals surface area contributed by atoms with Gasteiger partial charge in [0.05, 0.1) is 18.7 Å². The summed E-state index contributed by atoms with van der Waals surface area (Å²) in [7, 11) is 0. The van der Waals surface area contributed by atoms with Gasteiger partial charge in [0, 0.05) is 23.5 Å². The molecule has 1 atom stereocenters. The van der Waals surface area contributed by atoms with Gasteiger partial charge >= 0.3 is 0 Å². The average molecular weight is 366 g/mol. The molecule has 8 heteroatoms. The number of likely N-dealkylation sites (tertiary alicyclic amines) is 1. The number of halogens is 2. The molecular weight excluding hydrogens is 350 g/mol. The van der Waals surface area contributed by atoms with E-state index in [-0.39, 0.29) is 18.2 Å². The number of rotatable bonds is 6. The Kier molecular flexibility index (Phi) is 5.37. The predicted molar refractivity (Wildman–Crippen MR) is 89.2 cm³/mol. The Labute approximate surface area is 147 Å². The summed E-state index contributed by atoms with van der Waals surface area (Å²) in [6.07, 6.45) is 1.68. The number of carbonyl (C=O) groups excluding carboxylic acids is 2. The highest BCUT2D eigenvalue weighted by molar-refractivity contribution is 7.99. The lowest BCUT2D eigenvalue weighted by Crippen LogP contribution is -2.27. The van der Waals surface area contributed by atoms with E-state index in [9.17, 15) is 18.4 Å². The molecule has 1 aliphatic heterocycles. The van der Waals surface area contributed by atoms with Crippen molar-refractivity contribution >= 4 is 29.3 Å². The summed E-state index contributed by atoms with van der Waals surface area (Å²) in [6.45, 7) is 0.667. The summed E-state index contributed by atoms with van der Waals surface area (Å²) in [5.74, 6) is -2.62. The Bertz CT molecular complexity index is 735. The van der Waals surface area contributed by atoms with E-state index in [1.54, 1.807) is 29.2 Å². The second-order valence-corrected chi connectivity index (χ2v) is 6.71. The van der Waals surface area contributed by atoms with E-state index in [0.29, 0.717) is 41.2 Å². The van der Waals surface area contributed by atoms with Gasteiger partial charge in [-0.2, -0.15) is 8.78 Å². The van der Waals surface area contributed by atoms with Crippen LogP contribution < -0.4 is 5.32 Å². The van der Waals surface area contributed by atoms with Crippen molar-refractivity contribution in [3.63, 3.8) is 0 Å². The minimum Gasteiger partial charge on any atom is -0.467 e. The predicted octanol–water partition coefficient (Wildman–Crippen LogP) is 3.58. The lowest BCUT2D eigenvalue weighted by molar-refractivity contribution is -0.128. The number of amides is 2. The van der Waals surface area contributed by atoms with Gasteiger partial charge in [-0.3, -0.25) is 9.59 Å². The van der Waals surface area contributed by atoms with Gasteiger partial charge in [-0.15, -0.1) is 0 Å². The van der Waals surface area contributed by atoms with Crippen LogP contribution in [0.15, 0.2) is 52.0 Å². The Morgan fingerprint density at radius 3 is 2.72 bits per heavy atom. The van der Waals surface area contributed by atoms with Crippen LogP contribution in [0.2, 0.25) is 0 Å². The summed E-state index contributed by atoms with van der Waals surface area (Å²) >= 11 is 0.447. The zero-order chi connectivity index (χ0) is 17.8. The molecule has 2 heterocycles. The van der Waals surface area contributed by atoms with Crippen LogP contribution in [0.4, 0.5) is 14.5 Å². The molecule has 0 aliphatic carbocycles. The number of hydrogen-bond acceptors (Lipinski definition) is 4. The van der Waals surface area contributed by atoms with E-state index < -0.39 is 11.7 Å². The van der Waals surface area contributed by atoms with Crippen LogP contribution >= 0.6 is 11.8 Å². The number of nitrogens with one attached hydrogen (secondary N) is 1. The lowest BCUT2D eigenvalue weighted by atomic mass is 10.1. The molecule has 1 aromatic heterocycles. The van der Waals surface area contributed by atoms with Crippen molar-refractivity contribution in [2.75, 3.05) is 11.9 Å². The molecule has 1 fully saturated rings. The molecule has 1 unspecified atom stereocenters. The van der Waals surface area contributed by atoms with E-state index >= 15 is 0 Å². The van der Waals surface area contributed by atoms with Gasteiger partial charge in [0.15, 0.2) is 0 Å². The van der Waals surface area contributed by atoms with E-state index in [1.807, 2.05) is 0 Å². The molecule has 1 aliphatic rings. The Morgan fingerprint density at radius 1 is 1.32 bits per heavy atom. The summed E-state index contributed by atoms with van der Waals surface area (Å²) in [4.78, 5) is 26.4. The monoisotopic (exact) mass is 366 g/mol. The molecule has 2 amide bonds. The van der Waals surface area contributed by atoms with Gasteiger partial charge in [0.2, 0.25) is 11.8 Å². The van der Waals surface area contributed by atoms with Crippen molar-refractivity contribution in [2.45, 2.75) is 23.6 Å². The maximum absolute atomic E-state index is 12.3. The third-order valence-corrected chi connectivity index (χ3v) is 4.58. The summed E-state index contributed by atoms with van der Waals surface area (Å²) in [5.41, 5.74) is 0.514. The third kappa shape index (κ3) is 4.60. The minimum absolute atomic E-state index is 0.0970. The number of alkyl halides is 2. The van der Waals surface area contributed by atoms with Crippen molar-refractivity contribution < 1.29 is 22.8 Å². The molecule has 0 radical (unpaired) electrons. The van der Waals surface area contributed by atoms with Crippen LogP contribution in [0.5, 0.6) is 0 Å². The lowest BCUT2D eigenvalue weighted by Gasteiger charge is -2.15. The standard InChI is InChI=1S/C17H16F2N2O3S/c18-17(19)25-14-5-3-12(4-6-14)20-16(23)11-8-15(22)21(9-11)10-13-2-1-7-24-13/h1-7,11,17H,8-10H2,(H,20,23). The highest BCUT2D eigenvalue weighted by Crippen LogP contribution is 2.27. The Hall–Kier alpha value is -2.35. The molecule has 1 saturated heterocycles. The van der Waals surface area contributed by atoms with Gasteiger partial charge in [-0.1, -0.05) is 11.8 Å². The molecule has 0 spiro atoms. The quantitative estimate of drug-likeness (QED) is 0.794. The third-order valence-electron chi connectivity index (χ3n) is 3.86. The van der Waals surface area contributed by atoms with Gasteiger partial charge in [-0.25, -0.2) is 0 Å². The van der Waals surface area contributed by atoms with Crippen LogP contribution in [0.3, 0.4) is 0 Å². The smallest absolute Gasteiger partial charge is 0.288 e. The number of benzene rings is 1. The van der Waals surface area contributed by atoms with Crippen LogP contribution in [-0.2, 0) is 16.1 Å². The van der Waals surface area contributed by atoms with Crippen LogP contribution in [-0.4, -0.2) is 29.0 Å². The molecule has 1 N–H and O–H groups in total. The fourth-order valence-corrected chi connectivity index (χ4v) is 3.15. The minimum atomic E-state index is -2.48. The van der Waals surface area contributed by atoms with E-state index in [0.717, 1.165) is 0 Å². The average Bonchev–Trinajstić information content (AvgIpc) is 3.20. The van der Waals surface area contributed by atoms with E-state index in [2.05, 4.69) is 5.32 Å². The number of carbonyl (C=O) groups is 2. The fourth-order valence-electron chi connectivity index (χ4n) is 2.66. The summed E-state index contributed by atoms with van der Waals surface area (Å²) in [6, 6.07) is 9.71. The molecule has 5 nitrogen and oxygen atoms in total. The molecule has 0 saturated carbocycles. The van der Waals surface area contributed by atoms with Gasteiger partial charge in [0.25, 0.3) is 5.76 Å². The number of furan rings is 1. The molecule has 132 valence electrons. The maximum atomic E-state index is 12.3. The van der Waals surface area contributed by atoms with Gasteiger partial charge in [0.1, 0.15) is 5.76 Å². The summed E-state index contributed by atoms with van der Waals surface area (Å²) < 4.78 is 29.8. The molecule has 0 bridgehead atoms. The maximum Gasteiger partial charge on any atom is 0.288 e. The zero-order valence-corrected chi connectivity index (χ0v) is 14.0. The first kappa shape index (κ1) is 17.5. The van der Waals surface area contributed by atoms with Crippen molar-refractivity contribution in [1.82, 2.24) is 4.90 Å². The van der Waals surface area contributed by atoms with Gasteiger partial charge in [-0.05, 0) is 36.4 Å². The second-order valence-electron chi connectivity index (χ2n) is 5.65. The Morgan fingerprint density at radius 2 is 2.08 bits per heavy atom. The highest BCUT2D eigenvalue weighted by atomic mass is 32.2. The van der Waals surface area contributed by atoms with E-state index in [4.69, 9.17) is 4.42 Å². The molecule has 2 aromatic rings. The zero-order valence-electron chi connectivity index (χ0n) is 13.2. The number of hydrogen-bond donors (Lipinski definition) is 1. The number of thioether (sulfide) groups is 1. The first-order valence-corrected chi connectivity index (χ1v) is 8.55. The SMILES string of the molecule is O=C(Nc1ccc(SC(F)F)cc1)C1CC(=O)N(Cc2ccco2)C1. The highest BCUT2D eigenvalue weighted by Gasteiger charge is 2.34. The van der Waals surface area contributed by atoms with Crippen molar-refractivity contribution in [2.24, 2.45) is 5.92 Å². The number of nitrogens with zero attached hydrogens (tertiary/aromatic N) is 1. The van der Waals surface area contributed by atoms with Gasteiger partial charge < -0.3 is 14.6 Å². The normalized spacial score (nSPS) is 17.3. The fraction of sp³-hybridized carbons (Fsp3) is 0.294.